The van der Waals surface area contributed by atoms with Crippen molar-refractivity contribution in [3.8, 4) is 18.1 Å². The van der Waals surface area contributed by atoms with Crippen LogP contribution in [0.3, 0.4) is 0 Å². The molecule has 0 amide bonds. The summed E-state index contributed by atoms with van der Waals surface area (Å²) >= 11 is 0. The Labute approximate surface area is 168 Å². The predicted octanol–water partition coefficient (Wildman–Crippen LogP) is 4.02. The fourth-order valence-electron chi connectivity index (χ4n) is 6.09. The molecule has 2 fully saturated rings. The topological polar surface area (TPSA) is 63.6 Å². The SMILES string of the molecule is C#C[C@@]1(O)CC[C@H]2[C@@H]3CCc4cc(OS(=O)(=O)C(C)C)ccc4[C@H]3CC[C@@]21C. The van der Waals surface area contributed by atoms with Gasteiger partial charge in [0.2, 0.25) is 0 Å². The molecule has 1 N–H and O–H groups in total. The predicted molar refractivity (Wildman–Crippen MR) is 110 cm³/mol. The molecule has 0 aromatic heterocycles. The molecule has 1 aromatic carbocycles. The summed E-state index contributed by atoms with van der Waals surface area (Å²) in [5, 5.41) is 10.5. The van der Waals surface area contributed by atoms with Gasteiger partial charge in [-0.2, -0.15) is 8.42 Å². The van der Waals surface area contributed by atoms with Crippen molar-refractivity contribution in [3.05, 3.63) is 29.3 Å². The van der Waals surface area contributed by atoms with Crippen LogP contribution in [0.4, 0.5) is 0 Å². The van der Waals surface area contributed by atoms with Gasteiger partial charge in [0.25, 0.3) is 0 Å². The monoisotopic (exact) mass is 402 g/mol. The van der Waals surface area contributed by atoms with Crippen LogP contribution >= 0.6 is 0 Å². The molecule has 152 valence electrons. The number of aryl methyl sites for hydroxylation is 1. The van der Waals surface area contributed by atoms with Crippen LogP contribution in [0.25, 0.3) is 0 Å². The van der Waals surface area contributed by atoms with Crippen LogP contribution < -0.4 is 4.18 Å². The lowest BCUT2D eigenvalue weighted by atomic mass is 9.53. The molecule has 4 rings (SSSR count). The number of hydrogen-bond donors (Lipinski definition) is 1. The van der Waals surface area contributed by atoms with Crippen molar-refractivity contribution >= 4 is 10.1 Å². The molecule has 5 heteroatoms. The minimum Gasteiger partial charge on any atom is -0.382 e. The summed E-state index contributed by atoms with van der Waals surface area (Å²) in [6.45, 7) is 5.43. The maximum absolute atomic E-state index is 12.1. The van der Waals surface area contributed by atoms with Gasteiger partial charge in [-0.3, -0.25) is 0 Å². The van der Waals surface area contributed by atoms with Crippen molar-refractivity contribution in [2.75, 3.05) is 0 Å². The van der Waals surface area contributed by atoms with Crippen LogP contribution in [0.1, 0.15) is 69.9 Å². The van der Waals surface area contributed by atoms with E-state index in [4.69, 9.17) is 10.6 Å². The highest BCUT2D eigenvalue weighted by atomic mass is 32.2. The molecule has 5 atom stereocenters. The van der Waals surface area contributed by atoms with E-state index in [2.05, 4.69) is 18.9 Å². The minimum atomic E-state index is -3.58. The zero-order valence-electron chi connectivity index (χ0n) is 16.9. The molecule has 3 aliphatic rings. The van der Waals surface area contributed by atoms with E-state index in [1.54, 1.807) is 19.9 Å². The zero-order valence-corrected chi connectivity index (χ0v) is 17.8. The van der Waals surface area contributed by atoms with Gasteiger partial charge in [-0.15, -0.1) is 6.42 Å². The molecule has 28 heavy (non-hydrogen) atoms. The fourth-order valence-corrected chi connectivity index (χ4v) is 6.66. The lowest BCUT2D eigenvalue weighted by Crippen LogP contribution is -2.50. The van der Waals surface area contributed by atoms with Crippen LogP contribution in [-0.4, -0.2) is 24.4 Å². The third-order valence-corrected chi connectivity index (χ3v) is 9.46. The number of aliphatic hydroxyl groups is 1. The van der Waals surface area contributed by atoms with Crippen LogP contribution in [0.2, 0.25) is 0 Å². The van der Waals surface area contributed by atoms with Crippen LogP contribution in [0.5, 0.6) is 5.75 Å². The van der Waals surface area contributed by atoms with Gasteiger partial charge in [0.05, 0.1) is 5.25 Å². The van der Waals surface area contributed by atoms with E-state index in [1.807, 2.05) is 6.07 Å². The van der Waals surface area contributed by atoms with E-state index in [0.29, 0.717) is 29.9 Å². The van der Waals surface area contributed by atoms with E-state index in [9.17, 15) is 13.5 Å². The first-order valence-corrected chi connectivity index (χ1v) is 11.8. The Balaban J connectivity index is 1.61. The molecular formula is C23H30O4S. The van der Waals surface area contributed by atoms with Crippen LogP contribution in [0, 0.1) is 29.6 Å². The third-order valence-electron chi connectivity index (χ3n) is 7.88. The number of fused-ring (bicyclic) bond motifs is 5. The summed E-state index contributed by atoms with van der Waals surface area (Å²) in [6, 6.07) is 5.76. The normalized spacial score (nSPS) is 36.9. The lowest BCUT2D eigenvalue weighted by molar-refractivity contribution is -0.0646. The Morgan fingerprint density at radius 2 is 2.00 bits per heavy atom. The van der Waals surface area contributed by atoms with E-state index in [-0.39, 0.29) is 5.41 Å². The highest BCUT2D eigenvalue weighted by Crippen LogP contribution is 2.64. The summed E-state index contributed by atoms with van der Waals surface area (Å²) in [5.74, 6) is 4.55. The quantitative estimate of drug-likeness (QED) is 0.613. The molecule has 4 nitrogen and oxygen atoms in total. The molecule has 1 aromatic rings. The Morgan fingerprint density at radius 3 is 2.68 bits per heavy atom. The third kappa shape index (κ3) is 2.80. The van der Waals surface area contributed by atoms with Crippen molar-refractivity contribution in [2.45, 2.75) is 76.1 Å². The molecule has 0 spiro atoms. The first kappa shape index (κ1) is 19.8. The van der Waals surface area contributed by atoms with Crippen LogP contribution in [0.15, 0.2) is 18.2 Å². The van der Waals surface area contributed by atoms with Crippen molar-refractivity contribution in [1.29, 1.82) is 0 Å². The van der Waals surface area contributed by atoms with E-state index >= 15 is 0 Å². The first-order chi connectivity index (χ1) is 13.1. The highest BCUT2D eigenvalue weighted by Gasteiger charge is 2.61. The van der Waals surface area contributed by atoms with Crippen molar-refractivity contribution in [1.82, 2.24) is 0 Å². The molecule has 0 aliphatic heterocycles. The Bertz CT molecular complexity index is 928. The molecule has 0 bridgehead atoms. The summed E-state index contributed by atoms with van der Waals surface area (Å²) in [5.41, 5.74) is 1.34. The number of rotatable bonds is 3. The number of benzene rings is 1. The Morgan fingerprint density at radius 1 is 1.25 bits per heavy atom. The highest BCUT2D eigenvalue weighted by molar-refractivity contribution is 7.87. The minimum absolute atomic E-state index is 0.200. The molecule has 2 saturated carbocycles. The van der Waals surface area contributed by atoms with Gasteiger partial charge < -0.3 is 9.29 Å². The van der Waals surface area contributed by atoms with Gasteiger partial charge in [0, 0.05) is 5.41 Å². The molecular weight excluding hydrogens is 372 g/mol. The molecule has 0 radical (unpaired) electrons. The van der Waals surface area contributed by atoms with Gasteiger partial charge in [0.15, 0.2) is 0 Å². The zero-order chi connectivity index (χ0) is 20.3. The number of hydrogen-bond acceptors (Lipinski definition) is 4. The fraction of sp³-hybridized carbons (Fsp3) is 0.652. The number of terminal acetylenes is 1. The van der Waals surface area contributed by atoms with Gasteiger partial charge in [-0.1, -0.05) is 18.9 Å². The summed E-state index contributed by atoms with van der Waals surface area (Å²) in [4.78, 5) is 0. The standard InChI is InChI=1S/C23H30O4S/c1-5-23(24)13-11-21-20-8-6-16-14-17(27-28(25,26)15(2)3)7-9-18(16)19(20)10-12-22(21,23)4/h1,7,9,14-15,19-21,24H,6,8,10-13H2,2-4H3/t19-,20-,21+,22+,23-/m1/s1. The first-order valence-electron chi connectivity index (χ1n) is 10.4. The largest absolute Gasteiger partial charge is 0.382 e. The summed E-state index contributed by atoms with van der Waals surface area (Å²) < 4.78 is 29.5. The van der Waals surface area contributed by atoms with Crippen molar-refractivity contribution in [3.63, 3.8) is 0 Å². The second-order valence-corrected chi connectivity index (χ2v) is 11.5. The van der Waals surface area contributed by atoms with Crippen LogP contribution in [-0.2, 0) is 16.5 Å². The average molecular weight is 403 g/mol. The van der Waals surface area contributed by atoms with E-state index in [0.717, 1.165) is 32.1 Å². The molecule has 0 saturated heterocycles. The van der Waals surface area contributed by atoms with Gasteiger partial charge in [-0.25, -0.2) is 0 Å². The maximum atomic E-state index is 12.1. The van der Waals surface area contributed by atoms with Crippen molar-refractivity contribution in [2.24, 2.45) is 17.3 Å². The summed E-state index contributed by atoms with van der Waals surface area (Å²) in [6.07, 6.45) is 11.3. The van der Waals surface area contributed by atoms with Gasteiger partial charge in [-0.05, 0) is 93.4 Å². The second-order valence-electron chi connectivity index (χ2n) is 9.40. The van der Waals surface area contributed by atoms with Gasteiger partial charge in [0.1, 0.15) is 11.4 Å². The average Bonchev–Trinajstić information content (AvgIpc) is 2.92. The Kier molecular flexibility index (Phi) is 4.60. The molecule has 3 aliphatic carbocycles. The maximum Gasteiger partial charge on any atom is 0.311 e. The van der Waals surface area contributed by atoms with E-state index in [1.165, 1.54) is 11.1 Å². The van der Waals surface area contributed by atoms with Gasteiger partial charge >= 0.3 is 10.1 Å². The summed E-state index contributed by atoms with van der Waals surface area (Å²) in [7, 11) is -3.58. The second kappa shape index (κ2) is 6.50. The van der Waals surface area contributed by atoms with Crippen molar-refractivity contribution < 1.29 is 17.7 Å². The lowest BCUT2D eigenvalue weighted by Gasteiger charge is -2.52. The molecule has 0 heterocycles. The van der Waals surface area contributed by atoms with E-state index < -0.39 is 21.0 Å². The Hall–Kier alpha value is -1.51. The smallest absolute Gasteiger partial charge is 0.311 e. The molecule has 0 unspecified atom stereocenters.